The fourth-order valence-electron chi connectivity index (χ4n) is 4.46. The molecule has 2 heterocycles. The lowest BCUT2D eigenvalue weighted by molar-refractivity contribution is 0.135. The second-order valence-electron chi connectivity index (χ2n) is 7.77. The maximum atomic E-state index is 12.1. The summed E-state index contributed by atoms with van der Waals surface area (Å²) in [6.45, 7) is 6.00. The molecule has 0 radical (unpaired) electrons. The number of piperidine rings is 1. The summed E-state index contributed by atoms with van der Waals surface area (Å²) in [5.74, 6) is 0.234. The lowest BCUT2D eigenvalue weighted by Gasteiger charge is -2.35. The smallest absolute Gasteiger partial charge is 0.336 e. The number of fused-ring (bicyclic) bond motifs is 1. The van der Waals surface area contributed by atoms with E-state index in [9.17, 15) is 9.90 Å². The third kappa shape index (κ3) is 3.45. The van der Waals surface area contributed by atoms with E-state index < -0.39 is 5.63 Å². The fraction of sp³-hybridized carbons (Fsp3) is 0.375. The molecule has 2 aromatic carbocycles. The van der Waals surface area contributed by atoms with Gasteiger partial charge in [-0.3, -0.25) is 4.90 Å². The highest BCUT2D eigenvalue weighted by atomic mass is 16.4. The molecule has 4 heteroatoms. The number of hydrogen-bond acceptors (Lipinski definition) is 4. The van der Waals surface area contributed by atoms with E-state index in [1.165, 1.54) is 25.3 Å². The Kier molecular flexibility index (Phi) is 5.23. The molecule has 1 aliphatic rings. The fourth-order valence-corrected chi connectivity index (χ4v) is 4.46. The molecule has 0 saturated carbocycles. The summed E-state index contributed by atoms with van der Waals surface area (Å²) < 4.78 is 5.44. The maximum absolute atomic E-state index is 12.1. The van der Waals surface area contributed by atoms with Crippen LogP contribution < -0.4 is 5.63 Å². The lowest BCUT2D eigenvalue weighted by atomic mass is 9.94. The van der Waals surface area contributed by atoms with E-state index in [2.05, 4.69) is 11.8 Å². The molecule has 1 fully saturated rings. The van der Waals surface area contributed by atoms with Crippen molar-refractivity contribution in [3.8, 4) is 16.9 Å². The molecule has 146 valence electrons. The Balaban J connectivity index is 1.87. The molecule has 1 unspecified atom stereocenters. The quantitative estimate of drug-likeness (QED) is 0.632. The standard InChI is InChI=1S/C24H27NO3/c1-3-18-11-7-8-12-25(18)15-20-16(2)13-21-23(24(20)27)19(14-22(26)28-21)17-9-5-4-6-10-17/h4-6,9-10,13-14,18,27H,3,7-8,11-12,15H2,1-2H3. The molecule has 1 aliphatic heterocycles. The molecule has 0 spiro atoms. The van der Waals surface area contributed by atoms with Gasteiger partial charge in [0.05, 0.1) is 5.39 Å². The number of likely N-dealkylation sites (tertiary alicyclic amines) is 1. The number of benzene rings is 2. The zero-order valence-corrected chi connectivity index (χ0v) is 16.6. The van der Waals surface area contributed by atoms with E-state index in [0.717, 1.165) is 41.8 Å². The number of phenolic OH excluding ortho intramolecular Hbond substituents is 1. The zero-order valence-electron chi connectivity index (χ0n) is 16.6. The molecular formula is C24H27NO3. The van der Waals surface area contributed by atoms with Gasteiger partial charge in [-0.2, -0.15) is 0 Å². The Morgan fingerprint density at radius 2 is 1.96 bits per heavy atom. The molecule has 0 bridgehead atoms. The summed E-state index contributed by atoms with van der Waals surface area (Å²) in [5, 5.41) is 11.9. The van der Waals surface area contributed by atoms with Crippen LogP contribution in [0, 0.1) is 6.92 Å². The van der Waals surface area contributed by atoms with Crippen LogP contribution in [0.5, 0.6) is 5.75 Å². The highest BCUT2D eigenvalue weighted by Crippen LogP contribution is 2.39. The van der Waals surface area contributed by atoms with Crippen LogP contribution in [-0.2, 0) is 6.54 Å². The topological polar surface area (TPSA) is 53.7 Å². The van der Waals surface area contributed by atoms with Crippen molar-refractivity contribution in [1.82, 2.24) is 4.90 Å². The monoisotopic (exact) mass is 377 g/mol. The van der Waals surface area contributed by atoms with E-state index >= 15 is 0 Å². The Bertz CT molecular complexity index is 1040. The van der Waals surface area contributed by atoms with Crippen LogP contribution in [0.25, 0.3) is 22.1 Å². The van der Waals surface area contributed by atoms with Crippen molar-refractivity contribution in [1.29, 1.82) is 0 Å². The summed E-state index contributed by atoms with van der Waals surface area (Å²) in [6, 6.07) is 13.6. The molecule has 1 aromatic heterocycles. The van der Waals surface area contributed by atoms with Gasteiger partial charge in [-0.15, -0.1) is 0 Å². The number of aromatic hydroxyl groups is 1. The molecule has 3 aromatic rings. The average molecular weight is 377 g/mol. The van der Waals surface area contributed by atoms with Crippen LogP contribution in [0.2, 0.25) is 0 Å². The van der Waals surface area contributed by atoms with Gasteiger partial charge in [0.25, 0.3) is 0 Å². The number of hydrogen-bond donors (Lipinski definition) is 1. The van der Waals surface area contributed by atoms with Crippen LogP contribution >= 0.6 is 0 Å². The van der Waals surface area contributed by atoms with Crippen molar-refractivity contribution < 1.29 is 9.52 Å². The highest BCUT2D eigenvalue weighted by Gasteiger charge is 2.24. The normalized spacial score (nSPS) is 17.9. The Morgan fingerprint density at radius 1 is 1.18 bits per heavy atom. The second-order valence-corrected chi connectivity index (χ2v) is 7.77. The number of aryl methyl sites for hydroxylation is 1. The second kappa shape index (κ2) is 7.80. The van der Waals surface area contributed by atoms with Crippen LogP contribution in [-0.4, -0.2) is 22.6 Å². The van der Waals surface area contributed by atoms with Crippen molar-refractivity contribution in [3.63, 3.8) is 0 Å². The van der Waals surface area contributed by atoms with Crippen molar-refractivity contribution in [3.05, 3.63) is 64.0 Å². The van der Waals surface area contributed by atoms with Crippen LogP contribution in [0.4, 0.5) is 0 Å². The van der Waals surface area contributed by atoms with Crippen molar-refractivity contribution in [2.24, 2.45) is 0 Å². The van der Waals surface area contributed by atoms with Crippen LogP contribution in [0.3, 0.4) is 0 Å². The molecular weight excluding hydrogens is 350 g/mol. The minimum atomic E-state index is -0.403. The summed E-state index contributed by atoms with van der Waals surface area (Å²) in [7, 11) is 0. The Labute approximate surface area is 165 Å². The van der Waals surface area contributed by atoms with E-state index in [1.54, 1.807) is 0 Å². The van der Waals surface area contributed by atoms with Crippen molar-refractivity contribution in [2.75, 3.05) is 6.54 Å². The largest absolute Gasteiger partial charge is 0.507 e. The van der Waals surface area contributed by atoms with Gasteiger partial charge in [0.15, 0.2) is 0 Å². The minimum Gasteiger partial charge on any atom is -0.507 e. The molecule has 28 heavy (non-hydrogen) atoms. The molecule has 4 rings (SSSR count). The van der Waals surface area contributed by atoms with Gasteiger partial charge < -0.3 is 9.52 Å². The Morgan fingerprint density at radius 3 is 2.71 bits per heavy atom. The lowest BCUT2D eigenvalue weighted by Crippen LogP contribution is -2.38. The van der Waals surface area contributed by atoms with Crippen LogP contribution in [0.1, 0.15) is 43.7 Å². The van der Waals surface area contributed by atoms with Crippen molar-refractivity contribution in [2.45, 2.75) is 52.1 Å². The van der Waals surface area contributed by atoms with Gasteiger partial charge in [-0.25, -0.2) is 4.79 Å². The first-order valence-electron chi connectivity index (χ1n) is 10.2. The minimum absolute atomic E-state index is 0.234. The number of nitrogens with zero attached hydrogens (tertiary/aromatic N) is 1. The molecule has 1 N–H and O–H groups in total. The summed E-state index contributed by atoms with van der Waals surface area (Å²) in [5.41, 5.74) is 3.54. The molecule has 1 atom stereocenters. The third-order valence-corrected chi connectivity index (χ3v) is 6.00. The highest BCUT2D eigenvalue weighted by molar-refractivity contribution is 5.98. The molecule has 1 saturated heterocycles. The first-order valence-corrected chi connectivity index (χ1v) is 10.2. The van der Waals surface area contributed by atoms with Gasteiger partial charge in [-0.05, 0) is 49.9 Å². The van der Waals surface area contributed by atoms with Gasteiger partial charge >= 0.3 is 5.63 Å². The summed E-state index contributed by atoms with van der Waals surface area (Å²) in [6.07, 6.45) is 4.82. The number of rotatable bonds is 4. The van der Waals surface area contributed by atoms with Crippen LogP contribution in [0.15, 0.2) is 51.7 Å². The predicted molar refractivity (Wildman–Crippen MR) is 113 cm³/mol. The van der Waals surface area contributed by atoms with Gasteiger partial charge in [0, 0.05) is 29.8 Å². The first kappa shape index (κ1) is 18.8. The Hall–Kier alpha value is -2.59. The van der Waals surface area contributed by atoms with E-state index in [4.69, 9.17) is 4.42 Å². The average Bonchev–Trinajstić information content (AvgIpc) is 2.71. The maximum Gasteiger partial charge on any atom is 0.336 e. The first-order chi connectivity index (χ1) is 13.6. The zero-order chi connectivity index (χ0) is 19.7. The van der Waals surface area contributed by atoms with Gasteiger partial charge in [0.2, 0.25) is 0 Å². The SMILES string of the molecule is CCC1CCCCN1Cc1c(C)cc2oc(=O)cc(-c3ccccc3)c2c1O. The third-order valence-electron chi connectivity index (χ3n) is 6.00. The van der Waals surface area contributed by atoms with Gasteiger partial charge in [0.1, 0.15) is 11.3 Å². The van der Waals surface area contributed by atoms with Crippen molar-refractivity contribution >= 4 is 11.0 Å². The van der Waals surface area contributed by atoms with E-state index in [-0.39, 0.29) is 5.75 Å². The summed E-state index contributed by atoms with van der Waals surface area (Å²) >= 11 is 0. The van der Waals surface area contributed by atoms with Gasteiger partial charge in [-0.1, -0.05) is 43.7 Å². The van der Waals surface area contributed by atoms with E-state index in [0.29, 0.717) is 17.0 Å². The van der Waals surface area contributed by atoms with E-state index in [1.807, 2.05) is 43.3 Å². The number of phenols is 1. The summed E-state index contributed by atoms with van der Waals surface area (Å²) in [4.78, 5) is 14.6. The predicted octanol–water partition coefficient (Wildman–Crippen LogP) is 5.24. The molecule has 0 amide bonds. The molecule has 4 nitrogen and oxygen atoms in total. The molecule has 0 aliphatic carbocycles.